The highest BCUT2D eigenvalue weighted by Crippen LogP contribution is 2.55. The molecule has 13 nitrogen and oxygen atoms in total. The Kier molecular flexibility index (Phi) is 15.3. The van der Waals surface area contributed by atoms with Crippen molar-refractivity contribution in [2.45, 2.75) is 172 Å². The third kappa shape index (κ3) is 12.4. The first kappa shape index (κ1) is 50.4. The van der Waals surface area contributed by atoms with Gasteiger partial charge in [0.2, 0.25) is 8.32 Å². The molecule has 6 heterocycles. The molecule has 0 atom stereocenters. The summed E-state index contributed by atoms with van der Waals surface area (Å²) in [4.78, 5) is 0. The highest BCUT2D eigenvalue weighted by molar-refractivity contribution is 7.04. The lowest BCUT2D eigenvalue weighted by Gasteiger charge is -2.63. The summed E-state index contributed by atoms with van der Waals surface area (Å²) in [6.45, 7) is 41.6. The molecular formula is C35H80O13Si10. The molecule has 23 heteroatoms. The smallest absolute Gasteiger partial charge is 0.391 e. The quantitative estimate of drug-likeness (QED) is 0.121. The molecule has 0 aromatic rings. The molecule has 0 amide bonds. The largest absolute Gasteiger partial charge is 0.646 e. The van der Waals surface area contributed by atoms with E-state index in [1.807, 2.05) is 0 Å². The van der Waals surface area contributed by atoms with Crippen molar-refractivity contribution in [2.75, 3.05) is 0 Å². The van der Waals surface area contributed by atoms with Gasteiger partial charge in [0.1, 0.15) is 0 Å². The second-order valence-electron chi connectivity index (χ2n) is 22.1. The van der Waals surface area contributed by atoms with Crippen molar-refractivity contribution >= 4 is 87.1 Å². The van der Waals surface area contributed by atoms with Crippen LogP contribution in [0.15, 0.2) is 11.4 Å². The second kappa shape index (κ2) is 17.6. The van der Waals surface area contributed by atoms with E-state index in [4.69, 9.17) is 53.5 Å². The predicted octanol–water partition coefficient (Wildman–Crippen LogP) is 10.0. The molecule has 0 radical (unpaired) electrons. The number of rotatable bonds is 18. The Balaban J connectivity index is 1.98. The van der Waals surface area contributed by atoms with Crippen LogP contribution in [0.2, 0.25) is 75.0 Å². The summed E-state index contributed by atoms with van der Waals surface area (Å²) < 4.78 is 101. The average Bonchev–Trinajstić information content (AvgIpc) is 2.88. The molecule has 6 rings (SSSR count). The van der Waals surface area contributed by atoms with Gasteiger partial charge in [-0.05, 0) is 54.5 Å². The molecule has 338 valence electrons. The molecule has 0 aliphatic carbocycles. The summed E-state index contributed by atoms with van der Waals surface area (Å²) >= 11 is 0. The van der Waals surface area contributed by atoms with Gasteiger partial charge in [0.15, 0.2) is 0 Å². The monoisotopic (exact) mass is 988 g/mol. The fraction of sp³-hybridized carbons (Fsp3) is 0.943. The fourth-order valence-electron chi connectivity index (χ4n) is 8.45. The summed E-state index contributed by atoms with van der Waals surface area (Å²) in [5.74, 6) is 0.671. The first-order chi connectivity index (χ1) is 26.3. The molecular weight excluding hydrogens is 909 g/mol. The Bertz CT molecular complexity index is 1310. The van der Waals surface area contributed by atoms with Crippen LogP contribution in [-0.4, -0.2) is 87.1 Å². The molecule has 0 aromatic heterocycles. The van der Waals surface area contributed by atoms with E-state index in [0.717, 1.165) is 0 Å². The van der Waals surface area contributed by atoms with Crippen molar-refractivity contribution in [3.8, 4) is 0 Å². The zero-order valence-electron chi connectivity index (χ0n) is 39.5. The van der Waals surface area contributed by atoms with Gasteiger partial charge in [-0.1, -0.05) is 122 Å². The predicted molar refractivity (Wildman–Crippen MR) is 248 cm³/mol. The molecule has 8 bridgehead atoms. The first-order valence-electron chi connectivity index (χ1n) is 22.1. The second-order valence-corrected chi connectivity index (χ2v) is 54.7. The molecule has 0 N–H and O–H groups in total. The summed E-state index contributed by atoms with van der Waals surface area (Å²) in [5.41, 5.74) is 4.60. The van der Waals surface area contributed by atoms with E-state index in [-0.39, 0.29) is 41.4 Å². The Labute approximate surface area is 363 Å². The minimum absolute atomic E-state index is 0.0776. The maximum Gasteiger partial charge on any atom is 0.646 e. The van der Waals surface area contributed by atoms with E-state index in [9.17, 15) is 0 Å². The van der Waals surface area contributed by atoms with E-state index in [2.05, 4.69) is 141 Å². The van der Waals surface area contributed by atoms with E-state index < -0.39 is 87.1 Å². The van der Waals surface area contributed by atoms with Crippen molar-refractivity contribution in [3.63, 3.8) is 0 Å². The zero-order valence-corrected chi connectivity index (χ0v) is 49.5. The topological polar surface area (TPSA) is 120 Å². The Morgan fingerprint density at radius 1 is 0.328 bits per heavy atom. The van der Waals surface area contributed by atoms with Crippen LogP contribution < -0.4 is 0 Å². The van der Waals surface area contributed by atoms with Crippen LogP contribution in [0.3, 0.4) is 0 Å². The van der Waals surface area contributed by atoms with Gasteiger partial charge in [-0.15, -0.1) is 5.70 Å². The molecule has 6 aliphatic heterocycles. The molecule has 6 fully saturated rings. The van der Waals surface area contributed by atoms with E-state index in [1.54, 1.807) is 0 Å². The van der Waals surface area contributed by atoms with Crippen LogP contribution in [0.1, 0.15) is 96.9 Å². The van der Waals surface area contributed by atoms with Crippen LogP contribution in [0.4, 0.5) is 0 Å². The third-order valence-electron chi connectivity index (χ3n) is 9.62. The lowest BCUT2D eigenvalue weighted by molar-refractivity contribution is -0.0502. The van der Waals surface area contributed by atoms with Gasteiger partial charge in [0, 0.05) is 42.3 Å². The van der Waals surface area contributed by atoms with Gasteiger partial charge in [-0.3, -0.25) is 0 Å². The summed E-state index contributed by atoms with van der Waals surface area (Å²) in [6, 6.07) is 3.15. The van der Waals surface area contributed by atoms with Crippen molar-refractivity contribution in [1.82, 2.24) is 0 Å². The SMILES string of the molecule is CC(C)C[Si]12O[Si]3(CC(C)C)O[Si]4(CC(C)C)O[Si](CC(C)C)(O1)O[Si]1(CC(C)C)O[Si](CC(C)C)(O2)O[Si](CC(C)C)(O3)O[Si](O[Si](C)(C)/C=C/[Si](C)(C)C)(O4)O1. The van der Waals surface area contributed by atoms with E-state index in [0.29, 0.717) is 42.3 Å². The van der Waals surface area contributed by atoms with Gasteiger partial charge in [0.25, 0.3) is 0 Å². The minimum Gasteiger partial charge on any atom is -0.391 e. The third-order valence-corrected chi connectivity index (χ3v) is 53.5. The summed E-state index contributed by atoms with van der Waals surface area (Å²) in [7, 11) is -36.9. The lowest BCUT2D eigenvalue weighted by Crippen LogP contribution is -2.89. The molecule has 6 saturated heterocycles. The molecule has 0 spiro atoms. The molecule has 58 heavy (non-hydrogen) atoms. The van der Waals surface area contributed by atoms with Crippen LogP contribution in [0, 0.1) is 41.4 Å². The molecule has 0 unspecified atom stereocenters. The van der Waals surface area contributed by atoms with Crippen molar-refractivity contribution in [2.24, 2.45) is 41.4 Å². The van der Waals surface area contributed by atoms with Crippen molar-refractivity contribution in [1.29, 1.82) is 0 Å². The molecule has 0 saturated carbocycles. The summed E-state index contributed by atoms with van der Waals surface area (Å²) in [5, 5.41) is 0. The zero-order chi connectivity index (χ0) is 43.6. The van der Waals surface area contributed by atoms with E-state index >= 15 is 0 Å². The van der Waals surface area contributed by atoms with Gasteiger partial charge >= 0.3 is 70.7 Å². The lowest BCUT2D eigenvalue weighted by atomic mass is 10.3. The molecule has 6 aliphatic rings. The summed E-state index contributed by atoms with van der Waals surface area (Å²) in [6.07, 6.45) is 0. The van der Waals surface area contributed by atoms with Gasteiger partial charge < -0.3 is 53.5 Å². The van der Waals surface area contributed by atoms with Crippen LogP contribution in [-0.2, 0) is 53.5 Å². The maximum atomic E-state index is 7.82. The Hall–Kier alpha value is 1.39. The van der Waals surface area contributed by atoms with Crippen molar-refractivity contribution in [3.05, 3.63) is 11.4 Å². The first-order valence-corrected chi connectivity index (χ1v) is 43.9. The van der Waals surface area contributed by atoms with Gasteiger partial charge in [0.05, 0.1) is 8.07 Å². The van der Waals surface area contributed by atoms with Gasteiger partial charge in [-0.2, -0.15) is 0 Å². The van der Waals surface area contributed by atoms with Crippen LogP contribution in [0.25, 0.3) is 0 Å². The average molecular weight is 990 g/mol. The van der Waals surface area contributed by atoms with Gasteiger partial charge in [-0.25, -0.2) is 0 Å². The normalized spacial score (nSPS) is 39.6. The standard InChI is InChI=1S/C35H80O13Si10/c1-29(2)22-51-37-52(23-30(3)4)40-55(26-33(9)10)42-53(38-51,24-31(5)6)44-57(28-35(13)14)45-54(39-51,25-32(7)8)43-56(41-52,27-34(11)12)47-58(46-55,48-57)36-50(18,19)21-20-49(15,16)17/h20-21,29-35H,22-28H2,1-19H3/b21-20+. The van der Waals surface area contributed by atoms with Crippen molar-refractivity contribution < 1.29 is 53.5 Å². The van der Waals surface area contributed by atoms with Crippen LogP contribution >= 0.6 is 0 Å². The maximum absolute atomic E-state index is 7.82. The Morgan fingerprint density at radius 2 is 0.517 bits per heavy atom. The highest BCUT2D eigenvalue weighted by Gasteiger charge is 2.84. The minimum atomic E-state index is -4.49. The molecule has 0 aromatic carbocycles. The number of hydrogen-bond donors (Lipinski definition) is 0. The fourth-order valence-corrected chi connectivity index (χ4v) is 65.2. The van der Waals surface area contributed by atoms with Crippen LogP contribution in [0.5, 0.6) is 0 Å². The van der Waals surface area contributed by atoms with E-state index in [1.165, 1.54) is 0 Å². The number of hydrogen-bond acceptors (Lipinski definition) is 13. The highest BCUT2D eigenvalue weighted by atomic mass is 28.6. The Morgan fingerprint density at radius 3 is 0.690 bits per heavy atom.